The zero-order valence-electron chi connectivity index (χ0n) is 22.8. The van der Waals surface area contributed by atoms with Crippen molar-refractivity contribution in [3.63, 3.8) is 0 Å². The van der Waals surface area contributed by atoms with Crippen LogP contribution in [0.3, 0.4) is 0 Å². The Morgan fingerprint density at radius 2 is 1.90 bits per heavy atom. The van der Waals surface area contributed by atoms with Gasteiger partial charge in [0.25, 0.3) is 0 Å². The number of amides is 2. The Kier molecular flexibility index (Phi) is 7.93. The smallest absolute Gasteiger partial charge is 0.317 e. The molecule has 212 valence electrons. The van der Waals surface area contributed by atoms with Crippen LogP contribution in [0.1, 0.15) is 37.3 Å². The maximum absolute atomic E-state index is 14.9. The van der Waals surface area contributed by atoms with E-state index in [9.17, 15) is 14.0 Å². The number of benzene rings is 1. The van der Waals surface area contributed by atoms with Gasteiger partial charge in [0.1, 0.15) is 11.5 Å². The predicted molar refractivity (Wildman–Crippen MR) is 155 cm³/mol. The molecule has 0 unspecified atom stereocenters. The third-order valence-electron chi connectivity index (χ3n) is 7.23. The Morgan fingerprint density at radius 3 is 2.63 bits per heavy atom. The molecule has 1 saturated carbocycles. The van der Waals surface area contributed by atoms with E-state index in [0.29, 0.717) is 49.9 Å². The fourth-order valence-corrected chi connectivity index (χ4v) is 5.81. The highest BCUT2D eigenvalue weighted by atomic mass is 32.1. The first-order valence-electron chi connectivity index (χ1n) is 13.9. The van der Waals surface area contributed by atoms with Crippen molar-refractivity contribution in [1.82, 2.24) is 20.2 Å². The Hall–Kier alpha value is -3.89. The van der Waals surface area contributed by atoms with Gasteiger partial charge in [-0.25, -0.2) is 9.18 Å². The Morgan fingerprint density at radius 1 is 1.07 bits per heavy atom. The van der Waals surface area contributed by atoms with Crippen molar-refractivity contribution < 1.29 is 23.5 Å². The van der Waals surface area contributed by atoms with Gasteiger partial charge in [0.15, 0.2) is 11.6 Å². The summed E-state index contributed by atoms with van der Waals surface area (Å²) in [6.07, 6.45) is 6.53. The minimum Gasteiger partial charge on any atom is -0.453 e. The van der Waals surface area contributed by atoms with Crippen molar-refractivity contribution in [2.75, 3.05) is 19.6 Å². The number of carbonyl (C=O) groups is 2. The molecule has 1 saturated heterocycles. The highest BCUT2D eigenvalue weighted by molar-refractivity contribution is 7.22. The van der Waals surface area contributed by atoms with Crippen LogP contribution in [0, 0.1) is 11.7 Å². The van der Waals surface area contributed by atoms with Crippen LogP contribution in [0.4, 0.5) is 9.18 Å². The van der Waals surface area contributed by atoms with Gasteiger partial charge >= 0.3 is 6.03 Å². The summed E-state index contributed by atoms with van der Waals surface area (Å²) in [4.78, 5) is 35.7. The monoisotopic (exact) mass is 574 g/mol. The number of carbonyl (C=O) groups excluding carboxylic acids is 2. The number of pyridine rings is 2. The van der Waals surface area contributed by atoms with Crippen molar-refractivity contribution in [3.05, 3.63) is 71.8 Å². The van der Waals surface area contributed by atoms with E-state index in [4.69, 9.17) is 9.47 Å². The lowest BCUT2D eigenvalue weighted by molar-refractivity contribution is -0.118. The molecule has 0 atom stereocenters. The van der Waals surface area contributed by atoms with Crippen LogP contribution in [0.25, 0.3) is 20.8 Å². The Labute approximate surface area is 241 Å². The highest BCUT2D eigenvalue weighted by Crippen LogP contribution is 2.39. The number of thiophene rings is 1. The molecule has 1 aliphatic heterocycles. The number of halogens is 1. The van der Waals surface area contributed by atoms with E-state index in [2.05, 4.69) is 15.3 Å². The quantitative estimate of drug-likeness (QED) is 0.232. The number of Topliss-reactive ketones (excluding diaryl/α,β-unsaturated/α-hetero) is 1. The number of rotatable bonds is 11. The second-order valence-electron chi connectivity index (χ2n) is 10.6. The summed E-state index contributed by atoms with van der Waals surface area (Å²) in [5.41, 5.74) is 3.13. The van der Waals surface area contributed by atoms with E-state index in [-0.39, 0.29) is 30.1 Å². The average molecular weight is 575 g/mol. The second-order valence-corrected chi connectivity index (χ2v) is 11.6. The zero-order chi connectivity index (χ0) is 28.3. The van der Waals surface area contributed by atoms with Gasteiger partial charge in [-0.2, -0.15) is 0 Å². The van der Waals surface area contributed by atoms with E-state index >= 15 is 0 Å². The molecule has 0 spiro atoms. The lowest BCUT2D eigenvalue weighted by atomic mass is 10.0. The highest BCUT2D eigenvalue weighted by Gasteiger charge is 2.31. The Bertz CT molecular complexity index is 1560. The minimum absolute atomic E-state index is 0.0280. The molecule has 1 N–H and O–H groups in total. The molecule has 2 amide bonds. The van der Waals surface area contributed by atoms with Crippen molar-refractivity contribution in [1.29, 1.82) is 0 Å². The van der Waals surface area contributed by atoms with Crippen LogP contribution >= 0.6 is 11.3 Å². The largest absolute Gasteiger partial charge is 0.453 e. The van der Waals surface area contributed by atoms with Crippen LogP contribution in [0.2, 0.25) is 0 Å². The molecule has 41 heavy (non-hydrogen) atoms. The summed E-state index contributed by atoms with van der Waals surface area (Å²) >= 11 is 1.48. The molecule has 0 bridgehead atoms. The molecule has 3 aromatic heterocycles. The van der Waals surface area contributed by atoms with Crippen molar-refractivity contribution in [2.24, 2.45) is 5.92 Å². The molecule has 4 aromatic rings. The summed E-state index contributed by atoms with van der Waals surface area (Å²) in [6, 6.07) is 12.2. The zero-order valence-corrected chi connectivity index (χ0v) is 23.6. The van der Waals surface area contributed by atoms with E-state index in [1.54, 1.807) is 35.5 Å². The number of fused-ring (bicyclic) bond motifs is 1. The van der Waals surface area contributed by atoms with Gasteiger partial charge in [-0.05, 0) is 61.1 Å². The number of nitrogens with zero attached hydrogens (tertiary/aromatic N) is 3. The van der Waals surface area contributed by atoms with Gasteiger partial charge in [0.05, 0.1) is 46.6 Å². The van der Waals surface area contributed by atoms with Crippen molar-refractivity contribution in [2.45, 2.75) is 45.3 Å². The maximum atomic E-state index is 14.9. The lowest BCUT2D eigenvalue weighted by Gasteiger charge is -2.38. The molecule has 10 heteroatoms. The number of hydrogen-bond donors (Lipinski definition) is 1. The first-order chi connectivity index (χ1) is 19.9. The van der Waals surface area contributed by atoms with E-state index in [0.717, 1.165) is 39.2 Å². The van der Waals surface area contributed by atoms with Gasteiger partial charge in [-0.3, -0.25) is 14.8 Å². The van der Waals surface area contributed by atoms with Crippen molar-refractivity contribution in [3.8, 4) is 22.1 Å². The number of aromatic nitrogens is 2. The molecular formula is C31H31FN4O4S. The fourth-order valence-electron chi connectivity index (χ4n) is 4.76. The molecule has 1 aliphatic carbocycles. The first kappa shape index (κ1) is 27.3. The van der Waals surface area contributed by atoms with Crippen molar-refractivity contribution >= 4 is 33.4 Å². The molecule has 2 fully saturated rings. The molecule has 8 nitrogen and oxygen atoms in total. The summed E-state index contributed by atoms with van der Waals surface area (Å²) in [7, 11) is 0. The van der Waals surface area contributed by atoms with Crippen LogP contribution in [0.5, 0.6) is 11.5 Å². The standard InChI is InChI=1S/C31H31FN4O4S/c1-2-33-31(38)36-16-23(17-36)39-18-21-5-7-25(35-15-21)29-14-26-30(41-29)28(9-10-34-26)40-27-8-6-20(13-24(27)32)12-22(37)11-19-3-4-19/h5-10,13-15,19,23H,2-4,11-12,16-18H2,1H3,(H,33,38). The van der Waals surface area contributed by atoms with Crippen LogP contribution in [0.15, 0.2) is 54.9 Å². The second kappa shape index (κ2) is 11.9. The number of urea groups is 1. The third kappa shape index (κ3) is 6.55. The molecule has 6 rings (SSSR count). The van der Waals surface area contributed by atoms with Gasteiger partial charge in [-0.1, -0.05) is 12.1 Å². The van der Waals surface area contributed by atoms with Gasteiger partial charge in [0, 0.05) is 37.8 Å². The minimum atomic E-state index is -0.498. The third-order valence-corrected chi connectivity index (χ3v) is 8.39. The SMILES string of the molecule is CCNC(=O)N1CC(OCc2ccc(-c3cc4nccc(Oc5ccc(CC(=O)CC6CC6)cc5F)c4s3)nc2)C1. The van der Waals surface area contributed by atoms with Gasteiger partial charge < -0.3 is 19.7 Å². The number of ether oxygens (including phenoxy) is 2. The van der Waals surface area contributed by atoms with E-state index < -0.39 is 5.82 Å². The number of hydrogen-bond acceptors (Lipinski definition) is 7. The van der Waals surface area contributed by atoms with E-state index in [1.807, 2.05) is 25.1 Å². The molecule has 2 aliphatic rings. The van der Waals surface area contributed by atoms with Crippen LogP contribution < -0.4 is 10.1 Å². The van der Waals surface area contributed by atoms with Gasteiger partial charge in [0.2, 0.25) is 0 Å². The average Bonchev–Trinajstić information content (AvgIpc) is 3.63. The number of ketones is 1. The Balaban J connectivity index is 1.08. The molecular weight excluding hydrogens is 543 g/mol. The molecule has 0 radical (unpaired) electrons. The molecule has 4 heterocycles. The van der Waals surface area contributed by atoms with E-state index in [1.165, 1.54) is 17.4 Å². The number of nitrogens with one attached hydrogen (secondary N) is 1. The summed E-state index contributed by atoms with van der Waals surface area (Å²) in [6.45, 7) is 4.11. The normalized spacial score (nSPS) is 15.1. The summed E-state index contributed by atoms with van der Waals surface area (Å²) in [5, 5.41) is 2.79. The fraction of sp³-hybridized carbons (Fsp3) is 0.355. The number of likely N-dealkylation sites (tertiary alicyclic amines) is 1. The lowest BCUT2D eigenvalue weighted by Crippen LogP contribution is -2.57. The maximum Gasteiger partial charge on any atom is 0.317 e. The summed E-state index contributed by atoms with van der Waals surface area (Å²) < 4.78 is 27.6. The van der Waals surface area contributed by atoms with Gasteiger partial charge in [-0.15, -0.1) is 11.3 Å². The predicted octanol–water partition coefficient (Wildman–Crippen LogP) is 6.13. The topological polar surface area (TPSA) is 93.7 Å². The van der Waals surface area contributed by atoms with Crippen LogP contribution in [-0.2, 0) is 22.6 Å². The first-order valence-corrected chi connectivity index (χ1v) is 14.7. The molecule has 1 aromatic carbocycles. The van der Waals surface area contributed by atoms with Crippen LogP contribution in [-0.4, -0.2) is 52.4 Å². The summed E-state index contributed by atoms with van der Waals surface area (Å²) in [5.74, 6) is 0.790.